The summed E-state index contributed by atoms with van der Waals surface area (Å²) in [5.74, 6) is -0.756. The third-order valence-corrected chi connectivity index (χ3v) is 6.13. The predicted octanol–water partition coefficient (Wildman–Crippen LogP) is 3.74. The van der Waals surface area contributed by atoms with Crippen LogP contribution in [0.4, 0.5) is 5.69 Å². The number of carbonyl (C=O) groups excluding carboxylic acids is 1. The van der Waals surface area contributed by atoms with Gasteiger partial charge in [0.25, 0.3) is 10.0 Å². The zero-order valence-corrected chi connectivity index (χ0v) is 16.5. The lowest BCUT2D eigenvalue weighted by Gasteiger charge is -2.20. The van der Waals surface area contributed by atoms with Crippen LogP contribution >= 0.6 is 0 Å². The molecule has 0 unspecified atom stereocenters. The molecule has 7 heteroatoms. The second kappa shape index (κ2) is 8.59. The monoisotopic (exact) mass is 406 g/mol. The van der Waals surface area contributed by atoms with Gasteiger partial charge in [0.2, 0.25) is 0 Å². The minimum atomic E-state index is -3.97. The summed E-state index contributed by atoms with van der Waals surface area (Å²) in [5, 5.41) is 8.96. The van der Waals surface area contributed by atoms with Gasteiger partial charge in [-0.1, -0.05) is 42.5 Å². The minimum Gasteiger partial charge on any atom is -0.457 e. The van der Waals surface area contributed by atoms with E-state index in [1.54, 1.807) is 66.7 Å². The number of esters is 1. The Kier molecular flexibility index (Phi) is 5.96. The van der Waals surface area contributed by atoms with Gasteiger partial charge in [-0.05, 0) is 42.0 Å². The van der Waals surface area contributed by atoms with Crippen LogP contribution in [0.3, 0.4) is 0 Å². The van der Waals surface area contributed by atoms with Gasteiger partial charge in [-0.2, -0.15) is 5.26 Å². The molecular weight excluding hydrogens is 388 g/mol. The van der Waals surface area contributed by atoms with E-state index in [2.05, 4.69) is 0 Å². The fraction of sp³-hybridized carbons (Fsp3) is 0.0909. The van der Waals surface area contributed by atoms with Crippen LogP contribution in [0.15, 0.2) is 83.8 Å². The van der Waals surface area contributed by atoms with E-state index in [4.69, 9.17) is 10.00 Å². The van der Waals surface area contributed by atoms with Crippen molar-refractivity contribution in [3.8, 4) is 6.07 Å². The molecule has 0 aliphatic heterocycles. The minimum absolute atomic E-state index is 0.0493. The lowest BCUT2D eigenvalue weighted by molar-refractivity contribution is 0.0468. The number of nitriles is 1. The Morgan fingerprint density at radius 1 is 1.00 bits per heavy atom. The van der Waals surface area contributed by atoms with Crippen LogP contribution in [0.5, 0.6) is 0 Å². The molecule has 6 nitrogen and oxygen atoms in total. The highest BCUT2D eigenvalue weighted by Gasteiger charge is 2.27. The molecule has 29 heavy (non-hydrogen) atoms. The molecule has 146 valence electrons. The first-order valence-corrected chi connectivity index (χ1v) is 10.2. The number of hydrogen-bond donors (Lipinski definition) is 0. The fourth-order valence-electron chi connectivity index (χ4n) is 2.74. The summed E-state index contributed by atoms with van der Waals surface area (Å²) in [7, 11) is -2.54. The number of rotatable bonds is 6. The summed E-state index contributed by atoms with van der Waals surface area (Å²) in [6.45, 7) is -0.0722. The normalized spacial score (nSPS) is 10.8. The van der Waals surface area contributed by atoms with Crippen molar-refractivity contribution in [3.05, 3.63) is 95.6 Å². The Balaban J connectivity index is 1.86. The van der Waals surface area contributed by atoms with E-state index in [9.17, 15) is 13.2 Å². The summed E-state index contributed by atoms with van der Waals surface area (Å²) in [5.41, 5.74) is 1.51. The molecule has 0 fully saturated rings. The summed E-state index contributed by atoms with van der Waals surface area (Å²) >= 11 is 0. The number of anilines is 1. The van der Waals surface area contributed by atoms with Crippen molar-refractivity contribution in [2.75, 3.05) is 11.4 Å². The summed E-state index contributed by atoms with van der Waals surface area (Å²) in [4.78, 5) is 12.5. The Hall–Kier alpha value is -3.63. The van der Waals surface area contributed by atoms with E-state index in [-0.39, 0.29) is 17.1 Å². The van der Waals surface area contributed by atoms with E-state index < -0.39 is 16.0 Å². The van der Waals surface area contributed by atoms with Gasteiger partial charge in [0.1, 0.15) is 11.5 Å². The number of ether oxygens (including phenoxy) is 1. The summed E-state index contributed by atoms with van der Waals surface area (Å²) in [6, 6.07) is 23.2. The van der Waals surface area contributed by atoms with Crippen molar-refractivity contribution in [1.29, 1.82) is 5.26 Å². The second-order valence-corrected chi connectivity index (χ2v) is 8.13. The first kappa shape index (κ1) is 20.1. The summed E-state index contributed by atoms with van der Waals surface area (Å²) < 4.78 is 32.6. The van der Waals surface area contributed by atoms with Gasteiger partial charge < -0.3 is 4.74 Å². The highest BCUT2D eigenvalue weighted by molar-refractivity contribution is 7.92. The molecule has 3 aromatic rings. The first-order valence-electron chi connectivity index (χ1n) is 8.72. The largest absolute Gasteiger partial charge is 0.457 e. The number of hydrogen-bond acceptors (Lipinski definition) is 5. The molecule has 0 spiro atoms. The summed E-state index contributed by atoms with van der Waals surface area (Å²) in [6.07, 6.45) is 0. The van der Waals surface area contributed by atoms with E-state index in [1.165, 1.54) is 19.2 Å². The Morgan fingerprint density at radius 3 is 2.41 bits per heavy atom. The highest BCUT2D eigenvalue weighted by atomic mass is 32.2. The van der Waals surface area contributed by atoms with Gasteiger partial charge in [0, 0.05) is 7.05 Å². The van der Waals surface area contributed by atoms with Crippen molar-refractivity contribution in [2.24, 2.45) is 0 Å². The van der Waals surface area contributed by atoms with E-state index in [0.29, 0.717) is 16.8 Å². The average molecular weight is 406 g/mol. The van der Waals surface area contributed by atoms with Gasteiger partial charge in [0.05, 0.1) is 22.9 Å². The molecule has 0 heterocycles. The third kappa shape index (κ3) is 4.45. The van der Waals surface area contributed by atoms with Crippen molar-refractivity contribution in [2.45, 2.75) is 11.5 Å². The molecule has 0 radical (unpaired) electrons. The van der Waals surface area contributed by atoms with Crippen molar-refractivity contribution in [3.63, 3.8) is 0 Å². The SMILES string of the molecule is CN(c1ccccc1)S(=O)(=O)c1ccccc1C(=O)OCc1cccc(C#N)c1. The second-order valence-electron chi connectivity index (χ2n) is 6.19. The van der Waals surface area contributed by atoms with Crippen LogP contribution in [0.1, 0.15) is 21.5 Å². The Bertz CT molecular complexity index is 1170. The van der Waals surface area contributed by atoms with Crippen LogP contribution in [0, 0.1) is 11.3 Å². The van der Waals surface area contributed by atoms with Crippen LogP contribution in [-0.2, 0) is 21.4 Å². The molecule has 0 amide bonds. The van der Waals surface area contributed by atoms with Gasteiger partial charge >= 0.3 is 5.97 Å². The molecule has 0 aliphatic rings. The van der Waals surface area contributed by atoms with E-state index in [1.807, 2.05) is 6.07 Å². The number of carbonyl (C=O) groups is 1. The Labute approximate surface area is 169 Å². The third-order valence-electron chi connectivity index (χ3n) is 4.29. The van der Waals surface area contributed by atoms with Crippen LogP contribution in [0.25, 0.3) is 0 Å². The maximum Gasteiger partial charge on any atom is 0.339 e. The molecular formula is C22H18N2O4S. The maximum absolute atomic E-state index is 13.1. The van der Waals surface area contributed by atoms with Crippen molar-refractivity contribution >= 4 is 21.7 Å². The number of sulfonamides is 1. The molecule has 3 aromatic carbocycles. The Morgan fingerprint density at radius 2 is 1.69 bits per heavy atom. The zero-order chi connectivity index (χ0) is 20.9. The average Bonchev–Trinajstić information content (AvgIpc) is 2.77. The molecule has 0 saturated heterocycles. The standard InChI is InChI=1S/C22H18N2O4S/c1-24(19-10-3-2-4-11-19)29(26,27)21-13-6-5-12-20(21)22(25)28-16-18-9-7-8-17(14-18)15-23/h2-14H,16H2,1H3. The highest BCUT2D eigenvalue weighted by Crippen LogP contribution is 2.25. The predicted molar refractivity (Wildman–Crippen MR) is 109 cm³/mol. The fourth-order valence-corrected chi connectivity index (χ4v) is 4.12. The molecule has 0 aliphatic carbocycles. The van der Waals surface area contributed by atoms with Crippen molar-refractivity contribution < 1.29 is 17.9 Å². The molecule has 3 rings (SSSR count). The quantitative estimate of drug-likeness (QED) is 0.582. The maximum atomic E-state index is 13.1. The molecule has 0 saturated carbocycles. The van der Waals surface area contributed by atoms with Crippen LogP contribution in [0.2, 0.25) is 0 Å². The first-order chi connectivity index (χ1) is 13.9. The lowest BCUT2D eigenvalue weighted by atomic mass is 10.1. The van der Waals surface area contributed by atoms with E-state index in [0.717, 1.165) is 4.31 Å². The molecule has 0 N–H and O–H groups in total. The smallest absolute Gasteiger partial charge is 0.339 e. The number of benzene rings is 3. The van der Waals surface area contributed by atoms with Gasteiger partial charge in [-0.15, -0.1) is 0 Å². The van der Waals surface area contributed by atoms with Crippen LogP contribution in [-0.4, -0.2) is 21.4 Å². The van der Waals surface area contributed by atoms with E-state index >= 15 is 0 Å². The topological polar surface area (TPSA) is 87.5 Å². The van der Waals surface area contributed by atoms with Gasteiger partial charge in [-0.25, -0.2) is 13.2 Å². The number of nitrogens with zero attached hydrogens (tertiary/aromatic N) is 2. The van der Waals surface area contributed by atoms with Crippen LogP contribution < -0.4 is 4.31 Å². The zero-order valence-electron chi connectivity index (χ0n) is 15.6. The lowest BCUT2D eigenvalue weighted by Crippen LogP contribution is -2.28. The van der Waals surface area contributed by atoms with Gasteiger partial charge in [-0.3, -0.25) is 4.31 Å². The molecule has 0 atom stereocenters. The number of para-hydroxylation sites is 1. The van der Waals surface area contributed by atoms with Gasteiger partial charge in [0.15, 0.2) is 0 Å². The van der Waals surface area contributed by atoms with Crippen molar-refractivity contribution in [1.82, 2.24) is 0 Å². The molecule has 0 aromatic heterocycles. The molecule has 0 bridgehead atoms.